The lowest BCUT2D eigenvalue weighted by Gasteiger charge is -2.01. The van der Waals surface area contributed by atoms with Crippen molar-refractivity contribution in [3.05, 3.63) is 59.2 Å². The second-order valence-corrected chi connectivity index (χ2v) is 6.22. The third kappa shape index (κ3) is 5.75. The Bertz CT molecular complexity index is 518. The first kappa shape index (κ1) is 16.2. The Hall–Kier alpha value is -0.860. The summed E-state index contributed by atoms with van der Waals surface area (Å²) in [6.07, 6.45) is 4.20. The number of hydrogen-bond acceptors (Lipinski definition) is 2. The molecule has 0 fully saturated rings. The maximum absolute atomic E-state index is 2.21. The minimum atomic E-state index is 1.34. The van der Waals surface area contributed by atoms with Crippen LogP contribution in [-0.2, 0) is 0 Å². The Kier molecular flexibility index (Phi) is 7.11. The van der Waals surface area contributed by atoms with Crippen molar-refractivity contribution in [1.29, 1.82) is 0 Å². The highest BCUT2D eigenvalue weighted by atomic mass is 32.2. The quantitative estimate of drug-likeness (QED) is 0.647. The zero-order valence-corrected chi connectivity index (χ0v) is 14.0. The monoisotopic (exact) mass is 290 g/mol. The maximum Gasteiger partial charge on any atom is 0.00985 e. The van der Waals surface area contributed by atoms with E-state index in [1.54, 1.807) is 23.5 Å². The molecule has 0 heterocycles. The van der Waals surface area contributed by atoms with Crippen LogP contribution >= 0.6 is 23.5 Å². The van der Waals surface area contributed by atoms with Crippen LogP contribution in [0.1, 0.15) is 16.7 Å². The second kappa shape index (κ2) is 8.34. The van der Waals surface area contributed by atoms with E-state index < -0.39 is 0 Å². The van der Waals surface area contributed by atoms with Gasteiger partial charge in [0.15, 0.2) is 0 Å². The minimum Gasteiger partial charge on any atom is -0.130 e. The Morgan fingerprint density at radius 1 is 0.737 bits per heavy atom. The number of hydrogen-bond donors (Lipinski definition) is 0. The molecule has 2 aromatic carbocycles. The van der Waals surface area contributed by atoms with E-state index in [4.69, 9.17) is 0 Å². The van der Waals surface area contributed by atoms with Crippen molar-refractivity contribution in [3.63, 3.8) is 0 Å². The Morgan fingerprint density at radius 2 is 1.42 bits per heavy atom. The molecule has 19 heavy (non-hydrogen) atoms. The molecule has 0 amide bonds. The first-order chi connectivity index (χ1) is 9.06. The van der Waals surface area contributed by atoms with Gasteiger partial charge in [-0.1, -0.05) is 35.4 Å². The van der Waals surface area contributed by atoms with E-state index >= 15 is 0 Å². The first-order valence-corrected chi connectivity index (χ1v) is 8.73. The van der Waals surface area contributed by atoms with Gasteiger partial charge < -0.3 is 0 Å². The lowest BCUT2D eigenvalue weighted by atomic mass is 10.2. The van der Waals surface area contributed by atoms with E-state index in [0.717, 1.165) is 0 Å². The molecular weight excluding hydrogens is 268 g/mol. The molecule has 0 radical (unpaired) electrons. The van der Waals surface area contributed by atoms with E-state index in [1.807, 2.05) is 0 Å². The molecule has 0 atom stereocenters. The zero-order chi connectivity index (χ0) is 14.3. The molecule has 0 nitrogen and oxygen atoms in total. The van der Waals surface area contributed by atoms with Gasteiger partial charge >= 0.3 is 0 Å². The maximum atomic E-state index is 2.21. The molecule has 0 aliphatic rings. The lowest BCUT2D eigenvalue weighted by molar-refractivity contribution is 1.27. The van der Waals surface area contributed by atoms with Crippen LogP contribution in [0, 0.1) is 20.8 Å². The smallest absolute Gasteiger partial charge is 0.00985 e. The molecule has 2 heteroatoms. The van der Waals surface area contributed by atoms with Gasteiger partial charge in [-0.3, -0.25) is 0 Å². The molecule has 0 saturated carbocycles. The topological polar surface area (TPSA) is 0 Å². The summed E-state index contributed by atoms with van der Waals surface area (Å²) < 4.78 is 0. The highest BCUT2D eigenvalue weighted by Crippen LogP contribution is 2.19. The molecule has 0 aliphatic carbocycles. The third-order valence-corrected chi connectivity index (χ3v) is 4.40. The molecule has 0 aliphatic heterocycles. The fourth-order valence-corrected chi connectivity index (χ4v) is 2.87. The third-order valence-electron chi connectivity index (χ3n) is 2.78. The summed E-state index contributed by atoms with van der Waals surface area (Å²) in [5.41, 5.74) is 4.06. The summed E-state index contributed by atoms with van der Waals surface area (Å²) >= 11 is 3.59. The zero-order valence-electron chi connectivity index (χ0n) is 12.4. The first-order valence-electron chi connectivity index (χ1n) is 6.28. The Labute approximate surface area is 126 Å². The van der Waals surface area contributed by atoms with Crippen LogP contribution in [0.15, 0.2) is 52.3 Å². The predicted octanol–water partition coefficient (Wildman–Crippen LogP) is 5.74. The fraction of sp³-hybridized carbons (Fsp3) is 0.294. The van der Waals surface area contributed by atoms with Crippen molar-refractivity contribution in [2.75, 3.05) is 12.5 Å². The highest BCUT2D eigenvalue weighted by molar-refractivity contribution is 7.98. The minimum absolute atomic E-state index is 1.34. The molecule has 102 valence electrons. The van der Waals surface area contributed by atoms with Gasteiger partial charge in [-0.2, -0.15) is 0 Å². The molecule has 2 aromatic rings. The number of thioether (sulfide) groups is 2. The molecule has 0 spiro atoms. The van der Waals surface area contributed by atoms with Crippen molar-refractivity contribution < 1.29 is 0 Å². The van der Waals surface area contributed by atoms with Crippen LogP contribution in [0.2, 0.25) is 0 Å². The highest BCUT2D eigenvalue weighted by Gasteiger charge is 1.94. The van der Waals surface area contributed by atoms with Gasteiger partial charge in [0.2, 0.25) is 0 Å². The fourth-order valence-electron chi connectivity index (χ4n) is 1.77. The molecule has 0 N–H and O–H groups in total. The number of aryl methyl sites for hydroxylation is 3. The summed E-state index contributed by atoms with van der Waals surface area (Å²) in [7, 11) is 0. The molecule has 0 bridgehead atoms. The van der Waals surface area contributed by atoms with E-state index in [1.165, 1.54) is 26.5 Å². The average Bonchev–Trinajstić information content (AvgIpc) is 2.39. The van der Waals surface area contributed by atoms with Gasteiger partial charge in [-0.15, -0.1) is 23.5 Å². The van der Waals surface area contributed by atoms with Crippen molar-refractivity contribution in [2.45, 2.75) is 30.6 Å². The van der Waals surface area contributed by atoms with Crippen LogP contribution in [0.25, 0.3) is 0 Å². The summed E-state index contributed by atoms with van der Waals surface area (Å²) in [4.78, 5) is 2.72. The number of rotatable bonds is 2. The summed E-state index contributed by atoms with van der Waals surface area (Å²) in [6, 6.07) is 15.0. The van der Waals surface area contributed by atoms with Gasteiger partial charge in [-0.25, -0.2) is 0 Å². The van der Waals surface area contributed by atoms with Gasteiger partial charge in [0.05, 0.1) is 0 Å². The summed E-state index contributed by atoms with van der Waals surface area (Å²) in [5.74, 6) is 0. The predicted molar refractivity (Wildman–Crippen MR) is 90.7 cm³/mol. The van der Waals surface area contributed by atoms with Gasteiger partial charge in [0.1, 0.15) is 0 Å². The van der Waals surface area contributed by atoms with Crippen molar-refractivity contribution in [3.8, 4) is 0 Å². The lowest BCUT2D eigenvalue weighted by Crippen LogP contribution is -1.79. The van der Waals surface area contributed by atoms with Crippen molar-refractivity contribution in [2.24, 2.45) is 0 Å². The largest absolute Gasteiger partial charge is 0.130 e. The molecular formula is C17H22S2. The average molecular weight is 290 g/mol. The summed E-state index contributed by atoms with van der Waals surface area (Å²) in [5, 5.41) is 0. The van der Waals surface area contributed by atoms with E-state index in [0.29, 0.717) is 0 Å². The summed E-state index contributed by atoms with van der Waals surface area (Å²) in [6.45, 7) is 6.38. The normalized spacial score (nSPS) is 9.74. The SMILES string of the molecule is CSc1ccc(C)cc1C.CSc1cccc(C)c1. The van der Waals surface area contributed by atoms with Crippen molar-refractivity contribution >= 4 is 23.5 Å². The molecule has 0 saturated heterocycles. The van der Waals surface area contributed by atoms with Crippen LogP contribution in [0.5, 0.6) is 0 Å². The van der Waals surface area contributed by atoms with E-state index in [2.05, 4.69) is 75.7 Å². The van der Waals surface area contributed by atoms with Crippen LogP contribution in [-0.4, -0.2) is 12.5 Å². The van der Waals surface area contributed by atoms with Gasteiger partial charge in [-0.05, 0) is 57.0 Å². The molecule has 0 aromatic heterocycles. The van der Waals surface area contributed by atoms with Crippen LogP contribution in [0.3, 0.4) is 0 Å². The van der Waals surface area contributed by atoms with E-state index in [9.17, 15) is 0 Å². The van der Waals surface area contributed by atoms with Crippen LogP contribution in [0.4, 0.5) is 0 Å². The van der Waals surface area contributed by atoms with Crippen LogP contribution < -0.4 is 0 Å². The Balaban J connectivity index is 0.000000191. The standard InChI is InChI=1S/C9H12S.C8H10S/c1-7-4-5-9(10-3)8(2)6-7;1-7-4-3-5-8(6-7)9-2/h4-6H,1-3H3;3-6H,1-2H3. The van der Waals surface area contributed by atoms with Crippen molar-refractivity contribution in [1.82, 2.24) is 0 Å². The second-order valence-electron chi connectivity index (χ2n) is 4.49. The van der Waals surface area contributed by atoms with Gasteiger partial charge in [0.25, 0.3) is 0 Å². The number of benzene rings is 2. The van der Waals surface area contributed by atoms with Gasteiger partial charge in [0, 0.05) is 9.79 Å². The van der Waals surface area contributed by atoms with E-state index in [-0.39, 0.29) is 0 Å². The molecule has 0 unspecified atom stereocenters. The Morgan fingerprint density at radius 3 is 1.89 bits per heavy atom. The molecule has 2 rings (SSSR count).